The lowest BCUT2D eigenvalue weighted by Crippen LogP contribution is -2.31. The maximum atomic E-state index is 12.3. The lowest BCUT2D eigenvalue weighted by atomic mass is 10.1. The summed E-state index contributed by atoms with van der Waals surface area (Å²) in [4.78, 5) is 13.8. The number of nitrogens with two attached hydrogens (primary N) is 1. The first kappa shape index (κ1) is 15.8. The Morgan fingerprint density at radius 1 is 1.53 bits per heavy atom. The molecule has 1 aromatic rings. The Balaban J connectivity index is 2.73. The molecular weight excluding hydrogens is 266 g/mol. The van der Waals surface area contributed by atoms with Gasteiger partial charge >= 0.3 is 0 Å². The van der Waals surface area contributed by atoms with E-state index in [4.69, 9.17) is 22.2 Å². The van der Waals surface area contributed by atoms with Crippen molar-refractivity contribution in [1.29, 1.82) is 0 Å². The number of carbonyl (C=O) groups excluding carboxylic acids is 1. The third-order valence-corrected chi connectivity index (χ3v) is 2.83. The van der Waals surface area contributed by atoms with Crippen LogP contribution in [0.25, 0.3) is 0 Å². The number of nitrogens with one attached hydrogen (secondary N) is 1. The van der Waals surface area contributed by atoms with Crippen molar-refractivity contribution in [1.82, 2.24) is 4.90 Å². The van der Waals surface area contributed by atoms with Crippen molar-refractivity contribution in [3.63, 3.8) is 0 Å². The molecular formula is C13H20ClN3O2. The van der Waals surface area contributed by atoms with Gasteiger partial charge in [0.15, 0.2) is 0 Å². The standard InChI is InChI=1S/C13H20ClN3O2/c1-9(2)19-7-6-17(3)13(18)11-8-10(14)4-5-12(11)16-15/h4-5,8-9,16H,6-7,15H2,1-3H3. The second-order valence-corrected chi connectivity index (χ2v) is 4.92. The Morgan fingerprint density at radius 3 is 2.79 bits per heavy atom. The van der Waals surface area contributed by atoms with Crippen LogP contribution in [0.1, 0.15) is 24.2 Å². The second-order valence-electron chi connectivity index (χ2n) is 4.48. The first-order valence-corrected chi connectivity index (χ1v) is 6.46. The number of ether oxygens (including phenoxy) is 1. The monoisotopic (exact) mass is 285 g/mol. The van der Waals surface area contributed by atoms with E-state index >= 15 is 0 Å². The van der Waals surface area contributed by atoms with Gasteiger partial charge in [0.25, 0.3) is 5.91 Å². The average molecular weight is 286 g/mol. The van der Waals surface area contributed by atoms with Crippen LogP contribution in [-0.2, 0) is 4.74 Å². The van der Waals surface area contributed by atoms with Gasteiger partial charge < -0.3 is 15.1 Å². The smallest absolute Gasteiger partial charge is 0.255 e. The van der Waals surface area contributed by atoms with Crippen LogP contribution in [0.4, 0.5) is 5.69 Å². The summed E-state index contributed by atoms with van der Waals surface area (Å²) in [7, 11) is 1.72. The van der Waals surface area contributed by atoms with E-state index in [2.05, 4.69) is 5.43 Å². The first-order chi connectivity index (χ1) is 8.95. The fraction of sp³-hybridized carbons (Fsp3) is 0.462. The fourth-order valence-electron chi connectivity index (χ4n) is 1.55. The molecule has 0 heterocycles. The van der Waals surface area contributed by atoms with E-state index in [0.29, 0.717) is 29.4 Å². The molecule has 0 aliphatic carbocycles. The summed E-state index contributed by atoms with van der Waals surface area (Å²) < 4.78 is 5.42. The van der Waals surface area contributed by atoms with E-state index in [9.17, 15) is 4.79 Å². The highest BCUT2D eigenvalue weighted by Crippen LogP contribution is 2.21. The largest absolute Gasteiger partial charge is 0.377 e. The molecule has 0 saturated heterocycles. The molecule has 6 heteroatoms. The number of nitrogens with zero attached hydrogens (tertiary/aromatic N) is 1. The topological polar surface area (TPSA) is 67.6 Å². The van der Waals surface area contributed by atoms with E-state index in [-0.39, 0.29) is 12.0 Å². The van der Waals surface area contributed by atoms with Crippen LogP contribution in [0, 0.1) is 0 Å². The van der Waals surface area contributed by atoms with E-state index in [1.54, 1.807) is 30.1 Å². The minimum atomic E-state index is -0.150. The van der Waals surface area contributed by atoms with Gasteiger partial charge in [-0.2, -0.15) is 0 Å². The summed E-state index contributed by atoms with van der Waals surface area (Å²) in [6.07, 6.45) is 0.149. The number of likely N-dealkylation sites (N-methyl/N-ethyl adjacent to an activating group) is 1. The predicted molar refractivity (Wildman–Crippen MR) is 77.3 cm³/mol. The molecule has 0 aliphatic heterocycles. The van der Waals surface area contributed by atoms with Crippen LogP contribution in [0.15, 0.2) is 18.2 Å². The minimum Gasteiger partial charge on any atom is -0.377 e. The van der Waals surface area contributed by atoms with Gasteiger partial charge in [-0.15, -0.1) is 0 Å². The first-order valence-electron chi connectivity index (χ1n) is 6.09. The number of hydrazine groups is 1. The number of amides is 1. The highest BCUT2D eigenvalue weighted by molar-refractivity contribution is 6.31. The molecule has 0 radical (unpaired) electrons. The number of rotatable bonds is 6. The maximum Gasteiger partial charge on any atom is 0.255 e. The predicted octanol–water partition coefficient (Wildman–Crippen LogP) is 2.12. The van der Waals surface area contributed by atoms with Gasteiger partial charge in [0.2, 0.25) is 0 Å². The van der Waals surface area contributed by atoms with Crippen molar-refractivity contribution in [2.24, 2.45) is 5.84 Å². The average Bonchev–Trinajstić information content (AvgIpc) is 2.37. The number of hydrogen-bond donors (Lipinski definition) is 2. The van der Waals surface area contributed by atoms with Crippen LogP contribution in [0.2, 0.25) is 5.02 Å². The molecule has 19 heavy (non-hydrogen) atoms. The summed E-state index contributed by atoms with van der Waals surface area (Å²) in [6, 6.07) is 4.95. The Bertz CT molecular complexity index is 438. The molecule has 1 aromatic carbocycles. The zero-order chi connectivity index (χ0) is 14.4. The van der Waals surface area contributed by atoms with E-state index in [1.807, 2.05) is 13.8 Å². The number of anilines is 1. The van der Waals surface area contributed by atoms with Gasteiger partial charge in [0.05, 0.1) is 24.0 Å². The van der Waals surface area contributed by atoms with Crippen molar-refractivity contribution in [2.75, 3.05) is 25.6 Å². The lowest BCUT2D eigenvalue weighted by molar-refractivity contribution is 0.0532. The number of nitrogen functional groups attached to an aromatic ring is 1. The molecule has 0 atom stereocenters. The van der Waals surface area contributed by atoms with Gasteiger partial charge in [-0.3, -0.25) is 10.6 Å². The van der Waals surface area contributed by atoms with Crippen molar-refractivity contribution in [2.45, 2.75) is 20.0 Å². The SMILES string of the molecule is CC(C)OCCN(C)C(=O)c1cc(Cl)ccc1NN. The molecule has 0 bridgehead atoms. The van der Waals surface area contributed by atoms with Gasteiger partial charge in [-0.05, 0) is 32.0 Å². The van der Waals surface area contributed by atoms with Gasteiger partial charge in [0, 0.05) is 18.6 Å². The van der Waals surface area contributed by atoms with Gasteiger partial charge in [-0.1, -0.05) is 11.6 Å². The molecule has 0 spiro atoms. The molecule has 0 fully saturated rings. The Labute approximate surface area is 118 Å². The summed E-state index contributed by atoms with van der Waals surface area (Å²) >= 11 is 5.90. The van der Waals surface area contributed by atoms with Crippen LogP contribution in [0.3, 0.4) is 0 Å². The van der Waals surface area contributed by atoms with Crippen LogP contribution < -0.4 is 11.3 Å². The fourth-order valence-corrected chi connectivity index (χ4v) is 1.72. The Hall–Kier alpha value is -1.30. The summed E-state index contributed by atoms with van der Waals surface area (Å²) in [5.41, 5.74) is 3.49. The molecule has 5 nitrogen and oxygen atoms in total. The quantitative estimate of drug-likeness (QED) is 0.621. The summed E-state index contributed by atoms with van der Waals surface area (Å²) in [6.45, 7) is 4.91. The van der Waals surface area contributed by atoms with Crippen LogP contribution >= 0.6 is 11.6 Å². The van der Waals surface area contributed by atoms with E-state index in [1.165, 1.54) is 0 Å². The number of carbonyl (C=O) groups is 1. The van der Waals surface area contributed by atoms with Crippen LogP contribution in [0.5, 0.6) is 0 Å². The van der Waals surface area contributed by atoms with Crippen LogP contribution in [-0.4, -0.2) is 37.1 Å². The number of hydrogen-bond acceptors (Lipinski definition) is 4. The van der Waals surface area contributed by atoms with Crippen molar-refractivity contribution >= 4 is 23.2 Å². The molecule has 106 valence electrons. The van der Waals surface area contributed by atoms with Gasteiger partial charge in [-0.25, -0.2) is 0 Å². The van der Waals surface area contributed by atoms with E-state index in [0.717, 1.165) is 0 Å². The zero-order valence-electron chi connectivity index (χ0n) is 11.4. The Kier molecular flexibility index (Phi) is 6.08. The molecule has 1 amide bonds. The van der Waals surface area contributed by atoms with Gasteiger partial charge in [0.1, 0.15) is 0 Å². The molecule has 0 saturated carbocycles. The zero-order valence-corrected chi connectivity index (χ0v) is 12.2. The molecule has 1 rings (SSSR count). The third kappa shape index (κ3) is 4.70. The molecule has 3 N–H and O–H groups in total. The summed E-state index contributed by atoms with van der Waals surface area (Å²) in [5, 5.41) is 0.495. The van der Waals surface area contributed by atoms with E-state index < -0.39 is 0 Å². The number of halogens is 1. The molecule has 0 unspecified atom stereocenters. The van der Waals surface area contributed by atoms with Crippen molar-refractivity contribution < 1.29 is 9.53 Å². The minimum absolute atomic E-state index is 0.149. The Morgan fingerprint density at radius 2 is 2.21 bits per heavy atom. The summed E-state index contributed by atoms with van der Waals surface area (Å²) in [5.74, 6) is 5.24. The normalized spacial score (nSPS) is 10.6. The second kappa shape index (κ2) is 7.33. The van der Waals surface area contributed by atoms with Crippen molar-refractivity contribution in [3.8, 4) is 0 Å². The lowest BCUT2D eigenvalue weighted by Gasteiger charge is -2.19. The van der Waals surface area contributed by atoms with Crippen molar-refractivity contribution in [3.05, 3.63) is 28.8 Å². The molecule has 0 aromatic heterocycles. The molecule has 0 aliphatic rings. The number of benzene rings is 1. The highest BCUT2D eigenvalue weighted by atomic mass is 35.5. The highest BCUT2D eigenvalue weighted by Gasteiger charge is 2.16. The third-order valence-electron chi connectivity index (χ3n) is 2.59. The maximum absolute atomic E-state index is 12.3.